The van der Waals surface area contributed by atoms with Crippen LogP contribution >= 0.6 is 0 Å². The van der Waals surface area contributed by atoms with Gasteiger partial charge in [0.2, 0.25) is 0 Å². The van der Waals surface area contributed by atoms with Crippen LogP contribution in [0.2, 0.25) is 0 Å². The fraction of sp³-hybridized carbons (Fsp3) is 0. The molecule has 0 aliphatic heterocycles. The minimum absolute atomic E-state index is 1.40. The fourth-order valence-corrected chi connectivity index (χ4v) is 0.385. The van der Waals surface area contributed by atoms with Crippen molar-refractivity contribution >= 4 is 0 Å². The molecule has 10 heavy (non-hydrogen) atoms. The Morgan fingerprint density at radius 3 is 1.30 bits per heavy atom. The molecular formula is C8H12N2. The first kappa shape index (κ1) is 8.72. The summed E-state index contributed by atoms with van der Waals surface area (Å²) in [5, 5.41) is 0. The topological polar surface area (TPSA) is 38.0 Å². The van der Waals surface area contributed by atoms with Crippen molar-refractivity contribution in [3.05, 3.63) is 49.2 Å². The normalized spacial score (nSPS) is 6.90. The molecule has 0 aromatic heterocycles. The van der Waals surface area contributed by atoms with Gasteiger partial charge in [-0.3, -0.25) is 5.84 Å². The molecule has 0 amide bonds. The molecule has 1 aromatic rings. The summed E-state index contributed by atoms with van der Waals surface area (Å²) in [7, 11) is 0. The van der Waals surface area contributed by atoms with Crippen molar-refractivity contribution in [2.45, 2.75) is 0 Å². The van der Waals surface area contributed by atoms with Crippen LogP contribution in [0.5, 0.6) is 0 Å². The number of hydrazine groups is 1. The van der Waals surface area contributed by atoms with Gasteiger partial charge in [-0.25, -0.2) is 0 Å². The molecule has 0 spiro atoms. The van der Waals surface area contributed by atoms with Crippen molar-refractivity contribution in [2.75, 3.05) is 0 Å². The van der Waals surface area contributed by atoms with Gasteiger partial charge in [-0.05, 0) is 0 Å². The lowest BCUT2D eigenvalue weighted by Crippen LogP contribution is -2.11. The average Bonchev–Trinajstić information content (AvgIpc) is 2.08. The van der Waals surface area contributed by atoms with E-state index in [-0.39, 0.29) is 0 Å². The lowest BCUT2D eigenvalue weighted by molar-refractivity contribution is 0.972. The van der Waals surface area contributed by atoms with Gasteiger partial charge in [0.05, 0.1) is 0 Å². The Morgan fingerprint density at radius 2 is 1.20 bits per heavy atom. The van der Waals surface area contributed by atoms with E-state index in [9.17, 15) is 0 Å². The molecule has 3 N–H and O–H groups in total. The highest BCUT2D eigenvalue weighted by atomic mass is 15.2. The summed E-state index contributed by atoms with van der Waals surface area (Å²) in [6.07, 6.45) is 1.40. The van der Waals surface area contributed by atoms with Gasteiger partial charge in [-0.15, -0.1) is 0 Å². The Morgan fingerprint density at radius 1 is 1.00 bits per heavy atom. The number of hydrogen-bond donors (Lipinski definition) is 2. The molecule has 0 atom stereocenters. The predicted molar refractivity (Wildman–Crippen MR) is 44.0 cm³/mol. The van der Waals surface area contributed by atoms with Crippen molar-refractivity contribution in [3.63, 3.8) is 0 Å². The molecule has 0 aliphatic rings. The summed E-state index contributed by atoms with van der Waals surface area (Å²) in [5.41, 5.74) is 2.19. The second kappa shape index (κ2) is 7.72. The van der Waals surface area contributed by atoms with E-state index in [1.807, 2.05) is 36.4 Å². The summed E-state index contributed by atoms with van der Waals surface area (Å²) in [4.78, 5) is 0. The molecule has 2 heteroatoms. The highest BCUT2D eigenvalue weighted by Crippen LogP contribution is 1.79. The molecule has 0 saturated heterocycles. The third-order valence-electron chi connectivity index (χ3n) is 0.785. The third kappa shape index (κ3) is 6.72. The lowest BCUT2D eigenvalue weighted by atomic mass is 10.4. The van der Waals surface area contributed by atoms with E-state index in [0.29, 0.717) is 0 Å². The van der Waals surface area contributed by atoms with Gasteiger partial charge in [0.25, 0.3) is 0 Å². The molecule has 0 bridgehead atoms. The van der Waals surface area contributed by atoms with Crippen LogP contribution in [0.1, 0.15) is 0 Å². The number of nitrogens with two attached hydrogens (primary N) is 1. The summed E-state index contributed by atoms with van der Waals surface area (Å²) in [6.45, 7) is 3.24. The monoisotopic (exact) mass is 136 g/mol. The predicted octanol–water partition coefficient (Wildman–Crippen LogP) is 1.28. The van der Waals surface area contributed by atoms with Gasteiger partial charge in [-0.1, -0.05) is 43.0 Å². The Kier molecular flexibility index (Phi) is 6.73. The van der Waals surface area contributed by atoms with Crippen LogP contribution in [0.15, 0.2) is 49.2 Å². The van der Waals surface area contributed by atoms with E-state index in [0.717, 1.165) is 0 Å². The van der Waals surface area contributed by atoms with Crippen molar-refractivity contribution in [3.8, 4) is 0 Å². The Hall–Kier alpha value is -1.28. The summed E-state index contributed by atoms with van der Waals surface area (Å²) in [6, 6.07) is 12.0. The standard InChI is InChI=1S/C6H6.C2H6N2/c1-2-4-6-5-3-1;1-2-4-3/h1-6H;2,4H,1,3H2. The van der Waals surface area contributed by atoms with Crippen molar-refractivity contribution < 1.29 is 0 Å². The minimum Gasteiger partial charge on any atom is -0.332 e. The van der Waals surface area contributed by atoms with E-state index >= 15 is 0 Å². The maximum absolute atomic E-state index is 4.66. The summed E-state index contributed by atoms with van der Waals surface area (Å²) >= 11 is 0. The maximum Gasteiger partial charge on any atom is 0.00506 e. The second-order valence-corrected chi connectivity index (χ2v) is 1.53. The first-order valence-corrected chi connectivity index (χ1v) is 2.99. The molecule has 0 aliphatic carbocycles. The Labute approximate surface area is 61.3 Å². The molecular weight excluding hydrogens is 124 g/mol. The highest BCUT2D eigenvalue weighted by molar-refractivity contribution is 4.99. The molecule has 0 heterocycles. The SMILES string of the molecule is C=CNN.c1ccccc1. The van der Waals surface area contributed by atoms with Crippen molar-refractivity contribution in [1.82, 2.24) is 5.43 Å². The second-order valence-electron chi connectivity index (χ2n) is 1.53. The smallest absolute Gasteiger partial charge is 0.00506 e. The fourth-order valence-electron chi connectivity index (χ4n) is 0.385. The van der Waals surface area contributed by atoms with Crippen LogP contribution < -0.4 is 11.3 Å². The van der Waals surface area contributed by atoms with Gasteiger partial charge < -0.3 is 5.43 Å². The van der Waals surface area contributed by atoms with Crippen LogP contribution in [0.25, 0.3) is 0 Å². The Bertz CT molecular complexity index is 122. The zero-order chi connectivity index (χ0) is 7.66. The quantitative estimate of drug-likeness (QED) is 0.451. The third-order valence-corrected chi connectivity index (χ3v) is 0.785. The molecule has 1 aromatic carbocycles. The van der Waals surface area contributed by atoms with Gasteiger partial charge in [0.15, 0.2) is 0 Å². The zero-order valence-corrected chi connectivity index (χ0v) is 5.83. The number of rotatable bonds is 1. The molecule has 0 unspecified atom stereocenters. The van der Waals surface area contributed by atoms with E-state index in [2.05, 4.69) is 17.8 Å². The van der Waals surface area contributed by atoms with Crippen LogP contribution in [0, 0.1) is 0 Å². The molecule has 0 saturated carbocycles. The molecule has 2 nitrogen and oxygen atoms in total. The van der Waals surface area contributed by atoms with E-state index in [4.69, 9.17) is 0 Å². The first-order chi connectivity index (χ1) is 4.91. The number of benzene rings is 1. The van der Waals surface area contributed by atoms with Crippen LogP contribution in [0.4, 0.5) is 0 Å². The van der Waals surface area contributed by atoms with E-state index < -0.39 is 0 Å². The Balaban J connectivity index is 0.000000180. The largest absolute Gasteiger partial charge is 0.332 e. The van der Waals surface area contributed by atoms with Gasteiger partial charge in [-0.2, -0.15) is 0 Å². The van der Waals surface area contributed by atoms with Crippen LogP contribution in [-0.2, 0) is 0 Å². The molecule has 0 fully saturated rings. The highest BCUT2D eigenvalue weighted by Gasteiger charge is 1.57. The van der Waals surface area contributed by atoms with Crippen molar-refractivity contribution in [1.29, 1.82) is 0 Å². The summed E-state index contributed by atoms with van der Waals surface area (Å²) < 4.78 is 0. The molecule has 1 rings (SSSR count). The van der Waals surface area contributed by atoms with Gasteiger partial charge >= 0.3 is 0 Å². The molecule has 54 valence electrons. The molecule has 0 radical (unpaired) electrons. The number of hydrogen-bond acceptors (Lipinski definition) is 2. The maximum atomic E-state index is 4.66. The van der Waals surface area contributed by atoms with Crippen molar-refractivity contribution in [2.24, 2.45) is 5.84 Å². The lowest BCUT2D eigenvalue weighted by Gasteiger charge is -1.72. The van der Waals surface area contributed by atoms with Gasteiger partial charge in [0.1, 0.15) is 0 Å². The zero-order valence-electron chi connectivity index (χ0n) is 5.83. The van der Waals surface area contributed by atoms with Gasteiger partial charge in [0, 0.05) is 6.20 Å². The first-order valence-electron chi connectivity index (χ1n) is 2.99. The van der Waals surface area contributed by atoms with E-state index in [1.54, 1.807) is 0 Å². The summed E-state index contributed by atoms with van der Waals surface area (Å²) in [5.74, 6) is 4.66. The number of nitrogens with one attached hydrogen (secondary N) is 1. The minimum atomic E-state index is 1.40. The average molecular weight is 136 g/mol. The van der Waals surface area contributed by atoms with Crippen LogP contribution in [-0.4, -0.2) is 0 Å². The van der Waals surface area contributed by atoms with Crippen LogP contribution in [0.3, 0.4) is 0 Å². The van der Waals surface area contributed by atoms with E-state index in [1.165, 1.54) is 6.20 Å².